The molecule has 122 valence electrons. The van der Waals surface area contributed by atoms with Crippen molar-refractivity contribution in [2.45, 2.75) is 57.2 Å². The SMILES string of the molecule is COc1ccc(NC(=O)CC(C)NC2CCC(O)CC2)cc1. The van der Waals surface area contributed by atoms with Crippen LogP contribution in [-0.4, -0.2) is 36.3 Å². The van der Waals surface area contributed by atoms with Crippen LogP contribution >= 0.6 is 0 Å². The number of hydrogen-bond donors (Lipinski definition) is 3. The van der Waals surface area contributed by atoms with E-state index in [9.17, 15) is 9.90 Å². The molecule has 1 aliphatic carbocycles. The Morgan fingerprint density at radius 1 is 1.27 bits per heavy atom. The highest BCUT2D eigenvalue weighted by atomic mass is 16.5. The topological polar surface area (TPSA) is 70.6 Å². The number of anilines is 1. The molecule has 1 atom stereocenters. The Bertz CT molecular complexity index is 467. The third-order valence-electron chi connectivity index (χ3n) is 4.08. The van der Waals surface area contributed by atoms with Crippen molar-refractivity contribution in [3.63, 3.8) is 0 Å². The predicted octanol–water partition coefficient (Wildman–Crippen LogP) is 2.31. The van der Waals surface area contributed by atoms with E-state index in [1.807, 2.05) is 31.2 Å². The van der Waals surface area contributed by atoms with Crippen molar-refractivity contribution in [2.24, 2.45) is 0 Å². The van der Waals surface area contributed by atoms with Gasteiger partial charge >= 0.3 is 0 Å². The first-order chi connectivity index (χ1) is 10.6. The van der Waals surface area contributed by atoms with Crippen LogP contribution in [0.1, 0.15) is 39.0 Å². The number of aliphatic hydroxyl groups is 1. The molecule has 1 fully saturated rings. The molecule has 0 aromatic heterocycles. The maximum atomic E-state index is 12.0. The van der Waals surface area contributed by atoms with Crippen molar-refractivity contribution in [1.29, 1.82) is 0 Å². The average molecular weight is 306 g/mol. The lowest BCUT2D eigenvalue weighted by molar-refractivity contribution is -0.116. The summed E-state index contributed by atoms with van der Waals surface area (Å²) < 4.78 is 5.09. The molecule has 1 amide bonds. The molecule has 0 radical (unpaired) electrons. The third kappa shape index (κ3) is 5.31. The van der Waals surface area contributed by atoms with Gasteiger partial charge in [-0.2, -0.15) is 0 Å². The summed E-state index contributed by atoms with van der Waals surface area (Å²) in [5.41, 5.74) is 0.777. The lowest BCUT2D eigenvalue weighted by Crippen LogP contribution is -2.41. The summed E-state index contributed by atoms with van der Waals surface area (Å²) in [6.45, 7) is 2.03. The van der Waals surface area contributed by atoms with E-state index < -0.39 is 0 Å². The Morgan fingerprint density at radius 3 is 2.50 bits per heavy atom. The lowest BCUT2D eigenvalue weighted by Gasteiger charge is -2.28. The fourth-order valence-electron chi connectivity index (χ4n) is 2.87. The molecular weight excluding hydrogens is 280 g/mol. The molecule has 1 aromatic rings. The quantitative estimate of drug-likeness (QED) is 0.754. The van der Waals surface area contributed by atoms with Crippen LogP contribution in [0.5, 0.6) is 5.75 Å². The minimum absolute atomic E-state index is 0.000936. The number of rotatable bonds is 6. The van der Waals surface area contributed by atoms with Crippen LogP contribution in [-0.2, 0) is 4.79 Å². The van der Waals surface area contributed by atoms with E-state index in [-0.39, 0.29) is 18.1 Å². The van der Waals surface area contributed by atoms with Crippen molar-refractivity contribution in [3.05, 3.63) is 24.3 Å². The summed E-state index contributed by atoms with van der Waals surface area (Å²) in [4.78, 5) is 12.0. The van der Waals surface area contributed by atoms with Gasteiger partial charge in [-0.15, -0.1) is 0 Å². The van der Waals surface area contributed by atoms with E-state index in [0.717, 1.165) is 37.1 Å². The van der Waals surface area contributed by atoms with E-state index in [1.165, 1.54) is 0 Å². The molecule has 0 spiro atoms. The van der Waals surface area contributed by atoms with Gasteiger partial charge in [0, 0.05) is 24.2 Å². The van der Waals surface area contributed by atoms with Gasteiger partial charge in [0.2, 0.25) is 5.91 Å². The van der Waals surface area contributed by atoms with E-state index in [1.54, 1.807) is 7.11 Å². The first-order valence-corrected chi connectivity index (χ1v) is 7.95. The van der Waals surface area contributed by atoms with E-state index in [2.05, 4.69) is 10.6 Å². The molecule has 5 nitrogen and oxygen atoms in total. The summed E-state index contributed by atoms with van der Waals surface area (Å²) in [5.74, 6) is 0.772. The van der Waals surface area contributed by atoms with Gasteiger partial charge in [-0.25, -0.2) is 0 Å². The Kier molecular flexibility index (Phi) is 6.21. The fraction of sp³-hybridized carbons (Fsp3) is 0.588. The standard InChI is InChI=1S/C17H26N2O3/c1-12(18-13-3-7-15(20)8-4-13)11-17(21)19-14-5-9-16(22-2)10-6-14/h5-6,9-10,12-13,15,18,20H,3-4,7-8,11H2,1-2H3,(H,19,21). The summed E-state index contributed by atoms with van der Waals surface area (Å²) in [7, 11) is 1.62. The predicted molar refractivity (Wildman–Crippen MR) is 87.1 cm³/mol. The Morgan fingerprint density at radius 2 is 1.91 bits per heavy atom. The first-order valence-electron chi connectivity index (χ1n) is 7.95. The first kappa shape index (κ1) is 16.8. The van der Waals surface area contributed by atoms with Crippen LogP contribution in [0.3, 0.4) is 0 Å². The molecule has 22 heavy (non-hydrogen) atoms. The zero-order valence-corrected chi connectivity index (χ0v) is 13.3. The van der Waals surface area contributed by atoms with Crippen molar-refractivity contribution < 1.29 is 14.6 Å². The van der Waals surface area contributed by atoms with Crippen molar-refractivity contribution in [2.75, 3.05) is 12.4 Å². The van der Waals surface area contributed by atoms with Gasteiger partial charge in [-0.05, 0) is 56.9 Å². The Hall–Kier alpha value is -1.59. The van der Waals surface area contributed by atoms with E-state index in [0.29, 0.717) is 12.5 Å². The smallest absolute Gasteiger partial charge is 0.225 e. The van der Waals surface area contributed by atoms with Gasteiger partial charge in [-0.3, -0.25) is 4.79 Å². The number of methoxy groups -OCH3 is 1. The highest BCUT2D eigenvalue weighted by Crippen LogP contribution is 2.19. The number of amides is 1. The van der Waals surface area contributed by atoms with Crippen LogP contribution in [0.15, 0.2) is 24.3 Å². The molecule has 0 saturated heterocycles. The van der Waals surface area contributed by atoms with Gasteiger partial charge in [0.1, 0.15) is 5.75 Å². The fourth-order valence-corrected chi connectivity index (χ4v) is 2.87. The number of carbonyl (C=O) groups is 1. The number of carbonyl (C=O) groups excluding carboxylic acids is 1. The van der Waals surface area contributed by atoms with Crippen LogP contribution in [0.2, 0.25) is 0 Å². The minimum Gasteiger partial charge on any atom is -0.497 e. The van der Waals surface area contributed by atoms with Gasteiger partial charge in [-0.1, -0.05) is 0 Å². The summed E-state index contributed by atoms with van der Waals surface area (Å²) in [6, 6.07) is 7.84. The highest BCUT2D eigenvalue weighted by molar-refractivity contribution is 5.91. The number of aliphatic hydroxyl groups excluding tert-OH is 1. The van der Waals surface area contributed by atoms with Crippen LogP contribution in [0.25, 0.3) is 0 Å². The minimum atomic E-state index is -0.147. The maximum absolute atomic E-state index is 12.0. The number of benzene rings is 1. The molecule has 1 unspecified atom stereocenters. The van der Waals surface area contributed by atoms with Crippen molar-refractivity contribution in [3.8, 4) is 5.75 Å². The van der Waals surface area contributed by atoms with Crippen molar-refractivity contribution >= 4 is 11.6 Å². The second-order valence-electron chi connectivity index (χ2n) is 6.05. The van der Waals surface area contributed by atoms with Gasteiger partial charge < -0.3 is 20.5 Å². The van der Waals surface area contributed by atoms with Gasteiger partial charge in [0.25, 0.3) is 0 Å². The molecule has 5 heteroatoms. The number of ether oxygens (including phenoxy) is 1. The molecule has 1 saturated carbocycles. The van der Waals surface area contributed by atoms with Crippen LogP contribution in [0.4, 0.5) is 5.69 Å². The summed E-state index contributed by atoms with van der Waals surface area (Å²) in [6.07, 6.45) is 3.94. The molecule has 1 aliphatic rings. The maximum Gasteiger partial charge on any atom is 0.225 e. The summed E-state index contributed by atoms with van der Waals surface area (Å²) in [5, 5.41) is 15.9. The van der Waals surface area contributed by atoms with Crippen LogP contribution < -0.4 is 15.4 Å². The largest absolute Gasteiger partial charge is 0.497 e. The molecule has 2 rings (SSSR count). The molecule has 1 aromatic carbocycles. The molecular formula is C17H26N2O3. The average Bonchev–Trinajstić information content (AvgIpc) is 2.50. The Balaban J connectivity index is 1.73. The molecule has 0 bridgehead atoms. The van der Waals surface area contributed by atoms with Crippen molar-refractivity contribution in [1.82, 2.24) is 5.32 Å². The van der Waals surface area contributed by atoms with E-state index in [4.69, 9.17) is 4.74 Å². The van der Waals surface area contributed by atoms with Crippen LogP contribution in [0, 0.1) is 0 Å². The third-order valence-corrected chi connectivity index (χ3v) is 4.08. The lowest BCUT2D eigenvalue weighted by atomic mass is 9.92. The molecule has 0 heterocycles. The second kappa shape index (κ2) is 8.15. The summed E-state index contributed by atoms with van der Waals surface area (Å²) >= 11 is 0. The van der Waals surface area contributed by atoms with Gasteiger partial charge in [0.15, 0.2) is 0 Å². The zero-order chi connectivity index (χ0) is 15.9. The number of nitrogens with one attached hydrogen (secondary N) is 2. The second-order valence-corrected chi connectivity index (χ2v) is 6.05. The molecule has 0 aliphatic heterocycles. The normalized spacial score (nSPS) is 22.9. The zero-order valence-electron chi connectivity index (χ0n) is 13.3. The van der Waals surface area contributed by atoms with E-state index >= 15 is 0 Å². The Labute approximate surface area is 132 Å². The molecule has 3 N–H and O–H groups in total. The highest BCUT2D eigenvalue weighted by Gasteiger charge is 2.21. The number of hydrogen-bond acceptors (Lipinski definition) is 4. The monoisotopic (exact) mass is 306 g/mol. The van der Waals surface area contributed by atoms with Gasteiger partial charge in [0.05, 0.1) is 13.2 Å².